The summed E-state index contributed by atoms with van der Waals surface area (Å²) >= 11 is 3.43. The molecule has 0 saturated heterocycles. The second kappa shape index (κ2) is 2.97. The topological polar surface area (TPSA) is 37.5 Å². The molecule has 0 fully saturated rings. The van der Waals surface area contributed by atoms with Gasteiger partial charge in [-0.25, -0.2) is 4.98 Å². The fourth-order valence-electron chi connectivity index (χ4n) is 1.73. The number of benzene rings is 1. The molecule has 0 unspecified atom stereocenters. The van der Waals surface area contributed by atoms with Crippen molar-refractivity contribution in [3.63, 3.8) is 0 Å². The van der Waals surface area contributed by atoms with Crippen LogP contribution in [0.25, 0.3) is 16.6 Å². The van der Waals surface area contributed by atoms with Gasteiger partial charge < -0.3 is 5.11 Å². The highest BCUT2D eigenvalue weighted by Crippen LogP contribution is 2.24. The lowest BCUT2D eigenvalue weighted by Gasteiger charge is -2.03. The Kier molecular flexibility index (Phi) is 1.73. The van der Waals surface area contributed by atoms with Gasteiger partial charge in [0.2, 0.25) is 0 Å². The summed E-state index contributed by atoms with van der Waals surface area (Å²) in [5.41, 5.74) is 1.80. The van der Waals surface area contributed by atoms with E-state index in [9.17, 15) is 5.11 Å². The van der Waals surface area contributed by atoms with Gasteiger partial charge in [0, 0.05) is 6.07 Å². The van der Waals surface area contributed by atoms with Gasteiger partial charge in [0.15, 0.2) is 0 Å². The van der Waals surface area contributed by atoms with Gasteiger partial charge >= 0.3 is 0 Å². The zero-order valence-corrected chi connectivity index (χ0v) is 9.27. The second-order valence-electron chi connectivity index (χ2n) is 3.35. The molecule has 0 aliphatic rings. The van der Waals surface area contributed by atoms with Crippen molar-refractivity contribution in [2.45, 2.75) is 0 Å². The predicted molar refractivity (Wildman–Crippen MR) is 62.1 cm³/mol. The molecule has 0 atom stereocenters. The number of imidazole rings is 1. The quantitative estimate of drug-likeness (QED) is 0.677. The van der Waals surface area contributed by atoms with Crippen LogP contribution < -0.4 is 0 Å². The standard InChI is InChI=1S/C11H7BrN2O/c12-10-6-13-11-4-2-7-1-3-8(15)5-9(7)14(10)11/h1-6,15H. The number of rotatable bonds is 0. The monoisotopic (exact) mass is 262 g/mol. The molecule has 4 heteroatoms. The molecular weight excluding hydrogens is 256 g/mol. The maximum atomic E-state index is 9.47. The number of fused-ring (bicyclic) bond motifs is 3. The summed E-state index contributed by atoms with van der Waals surface area (Å²) in [4.78, 5) is 4.23. The Hall–Kier alpha value is -1.55. The Morgan fingerprint density at radius 1 is 1.20 bits per heavy atom. The average molecular weight is 263 g/mol. The van der Waals surface area contributed by atoms with Crippen molar-refractivity contribution >= 4 is 32.5 Å². The van der Waals surface area contributed by atoms with Gasteiger partial charge in [-0.05, 0) is 45.6 Å². The van der Waals surface area contributed by atoms with Gasteiger partial charge in [0.1, 0.15) is 16.0 Å². The minimum absolute atomic E-state index is 0.260. The zero-order chi connectivity index (χ0) is 10.4. The molecule has 0 spiro atoms. The van der Waals surface area contributed by atoms with E-state index in [0.29, 0.717) is 0 Å². The zero-order valence-electron chi connectivity index (χ0n) is 7.68. The molecule has 3 rings (SSSR count). The van der Waals surface area contributed by atoms with Gasteiger partial charge in [-0.15, -0.1) is 0 Å². The number of nitrogens with zero attached hydrogens (tertiary/aromatic N) is 2. The Morgan fingerprint density at radius 2 is 2.00 bits per heavy atom. The van der Waals surface area contributed by atoms with Crippen LogP contribution in [0.5, 0.6) is 5.75 Å². The van der Waals surface area contributed by atoms with Gasteiger partial charge in [-0.3, -0.25) is 4.40 Å². The van der Waals surface area contributed by atoms with Crippen LogP contribution >= 0.6 is 15.9 Å². The number of hydrogen-bond acceptors (Lipinski definition) is 2. The number of phenols is 1. The van der Waals surface area contributed by atoms with Crippen LogP contribution in [0.15, 0.2) is 41.1 Å². The van der Waals surface area contributed by atoms with Crippen molar-refractivity contribution in [1.29, 1.82) is 0 Å². The fourth-order valence-corrected chi connectivity index (χ4v) is 2.21. The molecule has 2 heterocycles. The van der Waals surface area contributed by atoms with Crippen LogP contribution in [-0.2, 0) is 0 Å². The Balaban J connectivity index is 2.61. The van der Waals surface area contributed by atoms with Crippen LogP contribution in [-0.4, -0.2) is 14.5 Å². The van der Waals surface area contributed by atoms with E-state index in [1.807, 2.05) is 22.6 Å². The van der Waals surface area contributed by atoms with Gasteiger partial charge in [-0.1, -0.05) is 0 Å². The summed E-state index contributed by atoms with van der Waals surface area (Å²) in [6.45, 7) is 0. The third-order valence-electron chi connectivity index (χ3n) is 2.41. The average Bonchev–Trinajstić information content (AvgIpc) is 2.60. The van der Waals surface area contributed by atoms with Crippen LogP contribution in [0.3, 0.4) is 0 Å². The van der Waals surface area contributed by atoms with Crippen molar-refractivity contribution in [2.75, 3.05) is 0 Å². The summed E-state index contributed by atoms with van der Waals surface area (Å²) in [6, 6.07) is 9.23. The summed E-state index contributed by atoms with van der Waals surface area (Å²) in [5.74, 6) is 0.260. The van der Waals surface area contributed by atoms with Crippen LogP contribution in [0.1, 0.15) is 0 Å². The van der Waals surface area contributed by atoms with E-state index in [4.69, 9.17) is 0 Å². The van der Waals surface area contributed by atoms with E-state index < -0.39 is 0 Å². The van der Waals surface area contributed by atoms with Crippen LogP contribution in [0, 0.1) is 0 Å². The normalized spacial score (nSPS) is 11.3. The molecule has 1 aromatic carbocycles. The van der Waals surface area contributed by atoms with E-state index in [-0.39, 0.29) is 5.75 Å². The third kappa shape index (κ3) is 1.22. The van der Waals surface area contributed by atoms with Crippen LogP contribution in [0.4, 0.5) is 0 Å². The minimum atomic E-state index is 0.260. The number of pyridine rings is 1. The molecule has 74 valence electrons. The highest BCUT2D eigenvalue weighted by atomic mass is 79.9. The maximum Gasteiger partial charge on any atom is 0.138 e. The van der Waals surface area contributed by atoms with Crippen molar-refractivity contribution in [2.24, 2.45) is 0 Å². The first-order chi connectivity index (χ1) is 7.25. The molecule has 0 bridgehead atoms. The van der Waals surface area contributed by atoms with E-state index in [2.05, 4.69) is 20.9 Å². The molecule has 0 aliphatic heterocycles. The summed E-state index contributed by atoms with van der Waals surface area (Å²) in [6.07, 6.45) is 1.75. The van der Waals surface area contributed by atoms with Crippen molar-refractivity contribution in [3.8, 4) is 5.75 Å². The summed E-state index contributed by atoms with van der Waals surface area (Å²) < 4.78 is 2.84. The highest BCUT2D eigenvalue weighted by Gasteiger charge is 2.04. The van der Waals surface area contributed by atoms with Crippen molar-refractivity contribution in [3.05, 3.63) is 41.1 Å². The lowest BCUT2D eigenvalue weighted by molar-refractivity contribution is 0.476. The molecule has 15 heavy (non-hydrogen) atoms. The summed E-state index contributed by atoms with van der Waals surface area (Å²) in [7, 11) is 0. The van der Waals surface area contributed by atoms with E-state index in [1.54, 1.807) is 18.3 Å². The van der Waals surface area contributed by atoms with Gasteiger partial charge in [0.05, 0.1) is 11.7 Å². The maximum absolute atomic E-state index is 9.47. The summed E-state index contributed by atoms with van der Waals surface area (Å²) in [5, 5.41) is 10.5. The largest absolute Gasteiger partial charge is 0.508 e. The number of hydrogen-bond donors (Lipinski definition) is 1. The molecule has 0 radical (unpaired) electrons. The Morgan fingerprint density at radius 3 is 2.87 bits per heavy atom. The molecule has 1 N–H and O–H groups in total. The Bertz CT molecular complexity index is 660. The molecule has 2 aromatic heterocycles. The first-order valence-corrected chi connectivity index (χ1v) is 5.30. The van der Waals surface area contributed by atoms with Crippen molar-refractivity contribution < 1.29 is 5.11 Å². The second-order valence-corrected chi connectivity index (χ2v) is 4.16. The van der Waals surface area contributed by atoms with E-state index in [0.717, 1.165) is 21.2 Å². The van der Waals surface area contributed by atoms with Crippen LogP contribution in [0.2, 0.25) is 0 Å². The fraction of sp³-hybridized carbons (Fsp3) is 0. The molecule has 0 saturated carbocycles. The molecule has 0 aliphatic carbocycles. The van der Waals surface area contributed by atoms with Crippen molar-refractivity contribution in [1.82, 2.24) is 9.38 Å². The highest BCUT2D eigenvalue weighted by molar-refractivity contribution is 9.10. The van der Waals surface area contributed by atoms with Gasteiger partial charge in [-0.2, -0.15) is 0 Å². The lowest BCUT2D eigenvalue weighted by atomic mass is 10.2. The minimum Gasteiger partial charge on any atom is -0.508 e. The number of aromatic nitrogens is 2. The lowest BCUT2D eigenvalue weighted by Crippen LogP contribution is -1.87. The SMILES string of the molecule is Oc1ccc2ccc3ncc(Br)n3c2c1. The molecule has 3 nitrogen and oxygen atoms in total. The number of phenolic OH excluding ortho intramolecular Hbond substituents is 1. The Labute approximate surface area is 94.1 Å². The molecule has 3 aromatic rings. The number of aromatic hydroxyl groups is 1. The van der Waals surface area contributed by atoms with E-state index in [1.165, 1.54) is 0 Å². The first-order valence-electron chi connectivity index (χ1n) is 4.50. The molecule has 0 amide bonds. The first kappa shape index (κ1) is 8.73. The predicted octanol–water partition coefficient (Wildman–Crippen LogP) is 2.96. The van der Waals surface area contributed by atoms with Gasteiger partial charge in [0.25, 0.3) is 0 Å². The number of halogens is 1. The third-order valence-corrected chi connectivity index (χ3v) is 2.97. The van der Waals surface area contributed by atoms with E-state index >= 15 is 0 Å². The smallest absolute Gasteiger partial charge is 0.138 e. The molecular formula is C11H7BrN2O.